The van der Waals surface area contributed by atoms with Crippen molar-refractivity contribution in [2.24, 2.45) is 5.92 Å². The van der Waals surface area contributed by atoms with Gasteiger partial charge in [0.2, 0.25) is 5.78 Å². The SMILES string of the molecule is CC(C)OCCCC(=O)C(=O)C(C)C. The minimum absolute atomic E-state index is 0.186. The van der Waals surface area contributed by atoms with E-state index in [0.29, 0.717) is 19.4 Å². The van der Waals surface area contributed by atoms with Crippen molar-refractivity contribution in [2.45, 2.75) is 46.6 Å². The van der Waals surface area contributed by atoms with Crippen LogP contribution in [0.3, 0.4) is 0 Å². The third-order valence-electron chi connectivity index (χ3n) is 1.80. The van der Waals surface area contributed by atoms with Crippen LogP contribution in [-0.4, -0.2) is 24.3 Å². The summed E-state index contributed by atoms with van der Waals surface area (Å²) in [6.07, 6.45) is 1.13. The molecule has 82 valence electrons. The van der Waals surface area contributed by atoms with Gasteiger partial charge in [0.15, 0.2) is 5.78 Å². The van der Waals surface area contributed by atoms with Crippen molar-refractivity contribution in [1.82, 2.24) is 0 Å². The van der Waals surface area contributed by atoms with Gasteiger partial charge in [-0.1, -0.05) is 13.8 Å². The molecule has 0 aromatic carbocycles. The Hall–Kier alpha value is -0.700. The molecule has 0 unspecified atom stereocenters. The van der Waals surface area contributed by atoms with Crippen molar-refractivity contribution in [1.29, 1.82) is 0 Å². The van der Waals surface area contributed by atoms with E-state index in [0.717, 1.165) is 0 Å². The molecule has 0 radical (unpaired) electrons. The van der Waals surface area contributed by atoms with Crippen LogP contribution in [0.5, 0.6) is 0 Å². The molecule has 0 saturated carbocycles. The topological polar surface area (TPSA) is 43.4 Å². The molecule has 0 N–H and O–H groups in total. The number of carbonyl (C=O) groups excluding carboxylic acids is 2. The van der Waals surface area contributed by atoms with Crippen LogP contribution in [0.2, 0.25) is 0 Å². The average molecular weight is 200 g/mol. The Morgan fingerprint density at radius 3 is 2.14 bits per heavy atom. The first-order valence-corrected chi connectivity index (χ1v) is 5.13. The van der Waals surface area contributed by atoms with E-state index in [1.807, 2.05) is 13.8 Å². The first kappa shape index (κ1) is 13.3. The molecule has 0 saturated heterocycles. The molecule has 3 heteroatoms. The van der Waals surface area contributed by atoms with Gasteiger partial charge in [-0.3, -0.25) is 9.59 Å². The third kappa shape index (κ3) is 5.86. The Morgan fingerprint density at radius 1 is 1.14 bits per heavy atom. The summed E-state index contributed by atoms with van der Waals surface area (Å²) < 4.78 is 5.27. The molecule has 3 nitrogen and oxygen atoms in total. The molecule has 0 aliphatic rings. The highest BCUT2D eigenvalue weighted by molar-refractivity contribution is 6.37. The van der Waals surface area contributed by atoms with Crippen molar-refractivity contribution in [3.8, 4) is 0 Å². The normalized spacial score (nSPS) is 11.0. The van der Waals surface area contributed by atoms with Crippen LogP contribution in [0, 0.1) is 5.92 Å². The lowest BCUT2D eigenvalue weighted by Crippen LogP contribution is -2.20. The molecule has 0 fully saturated rings. The molecule has 0 heterocycles. The lowest BCUT2D eigenvalue weighted by molar-refractivity contribution is -0.138. The molecule has 0 atom stereocenters. The Kier molecular flexibility index (Phi) is 6.37. The van der Waals surface area contributed by atoms with Crippen LogP contribution >= 0.6 is 0 Å². The van der Waals surface area contributed by atoms with E-state index in [2.05, 4.69) is 0 Å². The number of Topliss-reactive ketones (excluding diaryl/α,β-unsaturated/α-hetero) is 2. The second kappa shape index (κ2) is 6.71. The molecule has 0 amide bonds. The Morgan fingerprint density at radius 2 is 1.71 bits per heavy atom. The molecule has 0 aromatic rings. The summed E-state index contributed by atoms with van der Waals surface area (Å²) in [6.45, 7) is 7.92. The summed E-state index contributed by atoms with van der Waals surface area (Å²) in [7, 11) is 0. The quantitative estimate of drug-likeness (QED) is 0.466. The van der Waals surface area contributed by atoms with E-state index in [1.54, 1.807) is 13.8 Å². The fourth-order valence-electron chi connectivity index (χ4n) is 0.997. The highest BCUT2D eigenvalue weighted by atomic mass is 16.5. The Bertz CT molecular complexity index is 195. The second-order valence-corrected chi connectivity index (χ2v) is 3.97. The van der Waals surface area contributed by atoms with Gasteiger partial charge in [-0.15, -0.1) is 0 Å². The molecule has 0 aliphatic heterocycles. The van der Waals surface area contributed by atoms with Crippen LogP contribution in [0.25, 0.3) is 0 Å². The van der Waals surface area contributed by atoms with Crippen LogP contribution in [0.4, 0.5) is 0 Å². The van der Waals surface area contributed by atoms with Gasteiger partial charge in [0.1, 0.15) is 0 Å². The molecular formula is C11H20O3. The van der Waals surface area contributed by atoms with Gasteiger partial charge in [0.25, 0.3) is 0 Å². The minimum atomic E-state index is -0.271. The fraction of sp³-hybridized carbons (Fsp3) is 0.818. The molecule has 0 aliphatic carbocycles. The van der Waals surface area contributed by atoms with E-state index in [-0.39, 0.29) is 23.6 Å². The minimum Gasteiger partial charge on any atom is -0.379 e. The number of hydrogen-bond acceptors (Lipinski definition) is 3. The summed E-state index contributed by atoms with van der Waals surface area (Å²) in [5, 5.41) is 0. The predicted molar refractivity (Wildman–Crippen MR) is 55.2 cm³/mol. The van der Waals surface area contributed by atoms with Crippen LogP contribution in [0.1, 0.15) is 40.5 Å². The maximum absolute atomic E-state index is 11.2. The van der Waals surface area contributed by atoms with Gasteiger partial charge >= 0.3 is 0 Å². The number of ketones is 2. The Balaban J connectivity index is 3.60. The van der Waals surface area contributed by atoms with Crippen molar-refractivity contribution in [3.05, 3.63) is 0 Å². The van der Waals surface area contributed by atoms with Crippen molar-refractivity contribution in [2.75, 3.05) is 6.61 Å². The van der Waals surface area contributed by atoms with Crippen LogP contribution < -0.4 is 0 Å². The summed E-state index contributed by atoms with van der Waals surface area (Å²) >= 11 is 0. The van der Waals surface area contributed by atoms with E-state index in [4.69, 9.17) is 4.74 Å². The zero-order valence-corrected chi connectivity index (χ0v) is 9.50. The monoisotopic (exact) mass is 200 g/mol. The molecule has 0 spiro atoms. The summed E-state index contributed by atoms with van der Waals surface area (Å²) in [5.74, 6) is -0.726. The van der Waals surface area contributed by atoms with Crippen LogP contribution in [0.15, 0.2) is 0 Å². The molecule has 0 bridgehead atoms. The summed E-state index contributed by atoms with van der Waals surface area (Å²) in [5.41, 5.74) is 0. The predicted octanol–water partition coefficient (Wildman–Crippen LogP) is 1.99. The highest BCUT2D eigenvalue weighted by Crippen LogP contribution is 2.01. The average Bonchev–Trinajstić information content (AvgIpc) is 2.10. The van der Waals surface area contributed by atoms with Crippen LogP contribution in [-0.2, 0) is 14.3 Å². The van der Waals surface area contributed by atoms with E-state index in [9.17, 15) is 9.59 Å². The first-order chi connectivity index (χ1) is 6.45. The van der Waals surface area contributed by atoms with Crippen molar-refractivity contribution < 1.29 is 14.3 Å². The second-order valence-electron chi connectivity index (χ2n) is 3.97. The standard InChI is InChI=1S/C11H20O3/c1-8(2)11(13)10(12)6-5-7-14-9(3)4/h8-9H,5-7H2,1-4H3. The fourth-order valence-corrected chi connectivity index (χ4v) is 0.997. The Labute approximate surface area is 85.8 Å². The van der Waals surface area contributed by atoms with Gasteiger partial charge < -0.3 is 4.74 Å². The highest BCUT2D eigenvalue weighted by Gasteiger charge is 2.16. The van der Waals surface area contributed by atoms with Gasteiger partial charge in [-0.2, -0.15) is 0 Å². The molecule has 14 heavy (non-hydrogen) atoms. The van der Waals surface area contributed by atoms with Gasteiger partial charge in [0.05, 0.1) is 6.10 Å². The number of hydrogen-bond donors (Lipinski definition) is 0. The van der Waals surface area contributed by atoms with E-state index < -0.39 is 0 Å². The van der Waals surface area contributed by atoms with Crippen molar-refractivity contribution in [3.63, 3.8) is 0 Å². The van der Waals surface area contributed by atoms with E-state index in [1.165, 1.54) is 0 Å². The largest absolute Gasteiger partial charge is 0.379 e. The zero-order chi connectivity index (χ0) is 11.1. The zero-order valence-electron chi connectivity index (χ0n) is 9.50. The number of carbonyl (C=O) groups is 2. The van der Waals surface area contributed by atoms with Gasteiger partial charge in [0, 0.05) is 18.9 Å². The summed E-state index contributed by atoms with van der Waals surface area (Å²) in [6, 6.07) is 0. The lowest BCUT2D eigenvalue weighted by atomic mass is 10.0. The third-order valence-corrected chi connectivity index (χ3v) is 1.80. The first-order valence-electron chi connectivity index (χ1n) is 5.13. The molecule has 0 rings (SSSR count). The van der Waals surface area contributed by atoms with Crippen molar-refractivity contribution >= 4 is 11.6 Å². The number of ether oxygens (including phenoxy) is 1. The lowest BCUT2D eigenvalue weighted by Gasteiger charge is -2.06. The molecular weight excluding hydrogens is 180 g/mol. The summed E-state index contributed by atoms with van der Waals surface area (Å²) in [4.78, 5) is 22.4. The van der Waals surface area contributed by atoms with Gasteiger partial charge in [-0.25, -0.2) is 0 Å². The number of rotatable bonds is 7. The van der Waals surface area contributed by atoms with E-state index >= 15 is 0 Å². The van der Waals surface area contributed by atoms with Gasteiger partial charge in [-0.05, 0) is 20.3 Å². The molecule has 0 aromatic heterocycles. The maximum Gasteiger partial charge on any atom is 0.200 e. The smallest absolute Gasteiger partial charge is 0.200 e. The maximum atomic E-state index is 11.2.